The third-order valence-electron chi connectivity index (χ3n) is 4.60. The van der Waals surface area contributed by atoms with Crippen LogP contribution in [0.15, 0.2) is 18.2 Å². The van der Waals surface area contributed by atoms with Gasteiger partial charge in [-0.1, -0.05) is 32.1 Å². The first-order valence-corrected chi connectivity index (χ1v) is 8.33. The van der Waals surface area contributed by atoms with Gasteiger partial charge in [-0.3, -0.25) is 4.79 Å². The topological polar surface area (TPSA) is 70.9 Å². The zero-order chi connectivity index (χ0) is 15.5. The summed E-state index contributed by atoms with van der Waals surface area (Å²) in [4.78, 5) is 15.7. The molecule has 1 aliphatic carbocycles. The highest BCUT2D eigenvalue weighted by atomic mass is 16.1. The summed E-state index contributed by atoms with van der Waals surface area (Å²) in [6.45, 7) is 2.00. The van der Waals surface area contributed by atoms with Gasteiger partial charge in [0.25, 0.3) is 5.91 Å². The average molecular weight is 299 g/mol. The third-order valence-corrected chi connectivity index (χ3v) is 4.60. The van der Waals surface area contributed by atoms with Crippen LogP contribution in [0, 0.1) is 6.92 Å². The lowest BCUT2D eigenvalue weighted by atomic mass is 9.96. The summed E-state index contributed by atoms with van der Waals surface area (Å²) in [6, 6.07) is 6.13. The maximum Gasteiger partial charge on any atom is 0.267 e. The molecule has 0 unspecified atom stereocenters. The summed E-state index contributed by atoms with van der Waals surface area (Å²) < 4.78 is 0. The zero-order valence-corrected chi connectivity index (χ0v) is 13.2. The molecule has 0 spiro atoms. The van der Waals surface area contributed by atoms with Crippen molar-refractivity contribution in [1.29, 1.82) is 0 Å². The van der Waals surface area contributed by atoms with Crippen LogP contribution in [-0.2, 0) is 0 Å². The van der Waals surface area contributed by atoms with Crippen LogP contribution in [0.2, 0.25) is 0 Å². The number of benzene rings is 1. The Morgan fingerprint density at radius 2 is 1.82 bits per heavy atom. The third kappa shape index (κ3) is 3.26. The number of anilines is 1. The highest BCUT2D eigenvalue weighted by Crippen LogP contribution is 2.24. The molecule has 1 saturated carbocycles. The van der Waals surface area contributed by atoms with E-state index in [4.69, 9.17) is 5.73 Å². The van der Waals surface area contributed by atoms with Crippen molar-refractivity contribution in [3.63, 3.8) is 0 Å². The fourth-order valence-electron chi connectivity index (χ4n) is 3.40. The minimum Gasteiger partial charge on any atom is -0.398 e. The van der Waals surface area contributed by atoms with Gasteiger partial charge in [-0.25, -0.2) is 0 Å². The molecule has 1 amide bonds. The van der Waals surface area contributed by atoms with Crippen molar-refractivity contribution in [2.24, 2.45) is 0 Å². The summed E-state index contributed by atoms with van der Waals surface area (Å²) in [7, 11) is 0. The van der Waals surface area contributed by atoms with Gasteiger partial charge in [-0.15, -0.1) is 0 Å². The lowest BCUT2D eigenvalue weighted by Gasteiger charge is -2.20. The van der Waals surface area contributed by atoms with E-state index in [1.165, 1.54) is 32.1 Å². The second-order valence-electron chi connectivity index (χ2n) is 6.51. The Kier molecular flexibility index (Phi) is 4.36. The number of hydrogen-bond donors (Lipinski definition) is 3. The van der Waals surface area contributed by atoms with Crippen LogP contribution in [0.1, 0.15) is 61.0 Å². The molecular formula is C18H25N3O. The highest BCUT2D eigenvalue weighted by Gasteiger charge is 2.17. The molecule has 1 aromatic carbocycles. The molecule has 0 aliphatic heterocycles. The second kappa shape index (κ2) is 6.42. The molecule has 0 radical (unpaired) electrons. The molecule has 118 valence electrons. The smallest absolute Gasteiger partial charge is 0.267 e. The number of aryl methyl sites for hydroxylation is 1. The molecule has 0 saturated heterocycles. The van der Waals surface area contributed by atoms with Gasteiger partial charge in [0.15, 0.2) is 0 Å². The molecular weight excluding hydrogens is 274 g/mol. The zero-order valence-electron chi connectivity index (χ0n) is 13.2. The Morgan fingerprint density at radius 3 is 2.55 bits per heavy atom. The number of fused-ring (bicyclic) bond motifs is 1. The van der Waals surface area contributed by atoms with E-state index in [0.717, 1.165) is 35.0 Å². The number of hydrogen-bond acceptors (Lipinski definition) is 2. The Balaban J connectivity index is 1.75. The Hall–Kier alpha value is -1.97. The Bertz CT molecular complexity index is 666. The van der Waals surface area contributed by atoms with Crippen LogP contribution >= 0.6 is 0 Å². The summed E-state index contributed by atoms with van der Waals surface area (Å²) in [6.07, 6.45) is 8.51. The molecule has 2 aromatic rings. The number of nitrogens with two attached hydrogens (primary N) is 1. The van der Waals surface area contributed by atoms with Crippen molar-refractivity contribution in [1.82, 2.24) is 10.3 Å². The van der Waals surface area contributed by atoms with Gasteiger partial charge in [0.1, 0.15) is 5.69 Å². The van der Waals surface area contributed by atoms with Gasteiger partial charge in [-0.05, 0) is 43.5 Å². The van der Waals surface area contributed by atoms with E-state index < -0.39 is 0 Å². The predicted molar refractivity (Wildman–Crippen MR) is 91.0 cm³/mol. The van der Waals surface area contributed by atoms with Gasteiger partial charge >= 0.3 is 0 Å². The largest absolute Gasteiger partial charge is 0.398 e. The lowest BCUT2D eigenvalue weighted by molar-refractivity contribution is 0.0926. The van der Waals surface area contributed by atoms with E-state index in [0.29, 0.717) is 11.7 Å². The highest BCUT2D eigenvalue weighted by molar-refractivity contribution is 6.01. The molecule has 4 nitrogen and oxygen atoms in total. The summed E-state index contributed by atoms with van der Waals surface area (Å²) >= 11 is 0. The number of rotatable bonds is 2. The van der Waals surface area contributed by atoms with Crippen molar-refractivity contribution in [2.45, 2.75) is 57.9 Å². The number of nitrogen functional groups attached to an aromatic ring is 1. The SMILES string of the molecule is Cc1cc(N)c2cc(C(=O)NC3CCCCCCC3)[nH]c2c1. The molecule has 22 heavy (non-hydrogen) atoms. The van der Waals surface area contributed by atoms with Gasteiger partial charge in [0.2, 0.25) is 0 Å². The van der Waals surface area contributed by atoms with Crippen molar-refractivity contribution in [3.8, 4) is 0 Å². The van der Waals surface area contributed by atoms with Gasteiger partial charge in [0, 0.05) is 22.6 Å². The number of amides is 1. The fourth-order valence-corrected chi connectivity index (χ4v) is 3.40. The molecule has 1 fully saturated rings. The first kappa shape index (κ1) is 14.9. The Labute approximate surface area is 131 Å². The summed E-state index contributed by atoms with van der Waals surface area (Å²) in [5.41, 5.74) is 9.39. The van der Waals surface area contributed by atoms with Crippen LogP contribution < -0.4 is 11.1 Å². The number of aromatic nitrogens is 1. The van der Waals surface area contributed by atoms with E-state index in [9.17, 15) is 4.79 Å². The fraction of sp³-hybridized carbons (Fsp3) is 0.500. The monoisotopic (exact) mass is 299 g/mol. The minimum atomic E-state index is -0.0150. The number of carbonyl (C=O) groups is 1. The number of aromatic amines is 1. The number of nitrogens with one attached hydrogen (secondary N) is 2. The maximum absolute atomic E-state index is 12.5. The van der Waals surface area contributed by atoms with Crippen molar-refractivity contribution in [3.05, 3.63) is 29.5 Å². The van der Waals surface area contributed by atoms with Crippen LogP contribution in [0.3, 0.4) is 0 Å². The van der Waals surface area contributed by atoms with E-state index in [1.54, 1.807) is 0 Å². The normalized spacial score (nSPS) is 17.1. The van der Waals surface area contributed by atoms with E-state index >= 15 is 0 Å². The first-order valence-electron chi connectivity index (χ1n) is 8.33. The van der Waals surface area contributed by atoms with E-state index in [-0.39, 0.29) is 5.91 Å². The minimum absolute atomic E-state index is 0.0150. The molecule has 0 atom stereocenters. The number of H-pyrrole nitrogens is 1. The van der Waals surface area contributed by atoms with Crippen LogP contribution in [0.4, 0.5) is 5.69 Å². The summed E-state index contributed by atoms with van der Waals surface area (Å²) in [5.74, 6) is -0.0150. The summed E-state index contributed by atoms with van der Waals surface area (Å²) in [5, 5.41) is 4.11. The average Bonchev–Trinajstić information content (AvgIpc) is 2.85. The van der Waals surface area contributed by atoms with Crippen molar-refractivity contribution < 1.29 is 4.79 Å². The second-order valence-corrected chi connectivity index (χ2v) is 6.51. The van der Waals surface area contributed by atoms with Gasteiger partial charge in [0.05, 0.1) is 0 Å². The van der Waals surface area contributed by atoms with Crippen molar-refractivity contribution in [2.75, 3.05) is 5.73 Å². The first-order chi connectivity index (χ1) is 10.6. The van der Waals surface area contributed by atoms with E-state index in [2.05, 4.69) is 10.3 Å². The standard InChI is InChI=1S/C18H25N3O/c1-12-9-15(19)14-11-17(21-16(14)10-12)18(22)20-13-7-5-3-2-4-6-8-13/h9-11,13,21H,2-8,19H2,1H3,(H,20,22). The molecule has 3 rings (SSSR count). The molecule has 1 heterocycles. The predicted octanol–water partition coefficient (Wildman–Crippen LogP) is 3.90. The van der Waals surface area contributed by atoms with Crippen LogP contribution in [0.5, 0.6) is 0 Å². The molecule has 4 N–H and O–H groups in total. The number of carbonyl (C=O) groups excluding carboxylic acids is 1. The van der Waals surface area contributed by atoms with Crippen molar-refractivity contribution >= 4 is 22.5 Å². The quantitative estimate of drug-likeness (QED) is 0.736. The molecule has 1 aromatic heterocycles. The van der Waals surface area contributed by atoms with E-state index in [1.807, 2.05) is 25.1 Å². The van der Waals surface area contributed by atoms with Crippen LogP contribution in [-0.4, -0.2) is 16.9 Å². The van der Waals surface area contributed by atoms with Crippen LogP contribution in [0.25, 0.3) is 10.9 Å². The molecule has 1 aliphatic rings. The Morgan fingerprint density at radius 1 is 1.14 bits per heavy atom. The lowest BCUT2D eigenvalue weighted by Crippen LogP contribution is -2.35. The van der Waals surface area contributed by atoms with Gasteiger partial charge in [-0.2, -0.15) is 0 Å². The molecule has 0 bridgehead atoms. The maximum atomic E-state index is 12.5. The van der Waals surface area contributed by atoms with Gasteiger partial charge < -0.3 is 16.0 Å². The molecule has 4 heteroatoms.